The van der Waals surface area contributed by atoms with Gasteiger partial charge in [0.1, 0.15) is 0 Å². The molecule has 0 saturated heterocycles. The maximum atomic E-state index is 2.65. The molecular weight excluding hydrogens is 789 g/mol. The van der Waals surface area contributed by atoms with Crippen molar-refractivity contribution in [1.82, 2.24) is 18.3 Å². The lowest BCUT2D eigenvalue weighted by atomic mass is 9.34. The maximum Gasteiger partial charge on any atom is 0.252 e. The van der Waals surface area contributed by atoms with E-state index in [1.165, 1.54) is 116 Å². The summed E-state index contributed by atoms with van der Waals surface area (Å²) in [5, 5.41) is 5.05. The van der Waals surface area contributed by atoms with Crippen molar-refractivity contribution in [3.63, 3.8) is 0 Å². The van der Waals surface area contributed by atoms with Crippen molar-refractivity contribution in [1.29, 1.82) is 0 Å². The fourth-order valence-corrected chi connectivity index (χ4v) is 12.2. The third kappa shape index (κ3) is 4.58. The first-order chi connectivity index (χ1) is 32.2. The fourth-order valence-electron chi connectivity index (χ4n) is 12.2. The molecule has 3 aliphatic rings. The van der Waals surface area contributed by atoms with Crippen molar-refractivity contribution < 1.29 is 0 Å². The van der Waals surface area contributed by atoms with Crippen LogP contribution >= 0.6 is 0 Å². The number of hydrogen-bond acceptors (Lipinski definition) is 1. The van der Waals surface area contributed by atoms with Crippen LogP contribution in [-0.4, -0.2) is 25.0 Å². The standard InChI is InChI=1S/C59H40BN5/c1-37-34-51-53-52(35-37)65-55-46(59-57(65)44-33-32-42(36-50(44)63(59)41-24-12-5-13-25-41)61(38-18-6-2-7-19-38)39-20-8-3-9-21-39)28-17-30-48(55)60(53)47-29-16-27-45-54(47)64(51)56-43-26-14-15-31-49(43)62(58(45)56)40-22-10-4-11-23-40/h2-8,10-20,22-36H,9,21H2,1H3. The van der Waals surface area contributed by atoms with Crippen LogP contribution < -0.4 is 21.3 Å². The number of anilines is 2. The van der Waals surface area contributed by atoms with Crippen molar-refractivity contribution in [3.05, 3.63) is 211 Å². The fraction of sp³-hybridized carbons (Fsp3) is 0.0508. The number of fused-ring (bicyclic) bond motifs is 14. The molecule has 0 spiro atoms. The van der Waals surface area contributed by atoms with E-state index in [1.54, 1.807) is 0 Å². The Balaban J connectivity index is 1.07. The molecule has 0 saturated carbocycles. The monoisotopic (exact) mass is 829 g/mol. The highest BCUT2D eigenvalue weighted by molar-refractivity contribution is 7.00. The molecule has 0 unspecified atom stereocenters. The van der Waals surface area contributed by atoms with Crippen LogP contribution in [-0.2, 0) is 0 Å². The van der Waals surface area contributed by atoms with Crippen molar-refractivity contribution >= 4 is 100 Å². The molecule has 0 radical (unpaired) electrons. The van der Waals surface area contributed by atoms with E-state index in [9.17, 15) is 0 Å². The maximum absolute atomic E-state index is 2.65. The second-order valence-electron chi connectivity index (χ2n) is 18.1. The number of aryl methyl sites for hydroxylation is 1. The Bertz CT molecular complexity index is 4070. The lowest BCUT2D eigenvalue weighted by Gasteiger charge is -2.34. The van der Waals surface area contributed by atoms with Crippen LogP contribution in [0.1, 0.15) is 18.4 Å². The van der Waals surface area contributed by atoms with Gasteiger partial charge in [-0.1, -0.05) is 121 Å². The van der Waals surface area contributed by atoms with Crippen molar-refractivity contribution in [3.8, 4) is 22.7 Å². The Morgan fingerprint density at radius 2 is 0.985 bits per heavy atom. The molecule has 0 fully saturated rings. The number of nitrogens with zero attached hydrogens (tertiary/aromatic N) is 5. The highest BCUT2D eigenvalue weighted by Crippen LogP contribution is 2.46. The summed E-state index contributed by atoms with van der Waals surface area (Å²) in [7, 11) is 0. The van der Waals surface area contributed by atoms with Crippen molar-refractivity contribution in [2.75, 3.05) is 4.90 Å². The molecule has 1 aliphatic carbocycles. The predicted molar refractivity (Wildman–Crippen MR) is 273 cm³/mol. The van der Waals surface area contributed by atoms with Gasteiger partial charge in [-0.05, 0) is 121 Å². The zero-order chi connectivity index (χ0) is 42.5. The van der Waals surface area contributed by atoms with E-state index in [4.69, 9.17) is 0 Å². The number of hydrogen-bond donors (Lipinski definition) is 0. The van der Waals surface area contributed by atoms with E-state index >= 15 is 0 Å². The van der Waals surface area contributed by atoms with Gasteiger partial charge in [0.15, 0.2) is 0 Å². The van der Waals surface area contributed by atoms with Crippen LogP contribution in [0.5, 0.6) is 0 Å². The molecule has 2 aliphatic heterocycles. The van der Waals surface area contributed by atoms with Crippen molar-refractivity contribution in [2.45, 2.75) is 19.8 Å². The quantitative estimate of drug-likeness (QED) is 0.159. The van der Waals surface area contributed by atoms with Gasteiger partial charge in [0.25, 0.3) is 6.71 Å². The lowest BCUT2D eigenvalue weighted by Crippen LogP contribution is -2.59. The van der Waals surface area contributed by atoms with Gasteiger partial charge in [-0.15, -0.1) is 0 Å². The molecule has 12 aromatic rings. The minimum absolute atomic E-state index is 0.0581. The predicted octanol–water partition coefficient (Wildman–Crippen LogP) is 12.6. The van der Waals surface area contributed by atoms with Gasteiger partial charge in [0.2, 0.25) is 0 Å². The number of rotatable bonds is 5. The summed E-state index contributed by atoms with van der Waals surface area (Å²) in [6, 6.07) is 67.9. The molecule has 15 rings (SSSR count). The minimum Gasteiger partial charge on any atom is -0.314 e. The van der Waals surface area contributed by atoms with Gasteiger partial charge < -0.3 is 23.2 Å². The van der Waals surface area contributed by atoms with Gasteiger partial charge in [-0.3, -0.25) is 0 Å². The van der Waals surface area contributed by atoms with Crippen LogP contribution in [0.2, 0.25) is 0 Å². The summed E-state index contributed by atoms with van der Waals surface area (Å²) >= 11 is 0. The average Bonchev–Trinajstić information content (AvgIpc) is 4.09. The van der Waals surface area contributed by atoms with Gasteiger partial charge in [0.05, 0.1) is 44.1 Å². The average molecular weight is 830 g/mol. The minimum atomic E-state index is 0.0581. The molecule has 6 heterocycles. The van der Waals surface area contributed by atoms with Crippen LogP contribution in [0, 0.1) is 6.92 Å². The SMILES string of the molecule is Cc1cc2c3c(c1)-n1c4c(cccc4c4c1c1ccc(N(C5=CC=CCC5)c5ccccc5)cc1n4-c1ccccc1)B3c1cccc3c1n-2c1c2ccccc2n(-c2ccccc2)c31. The van der Waals surface area contributed by atoms with Crippen molar-refractivity contribution in [2.24, 2.45) is 0 Å². The molecule has 0 N–H and O–H groups in total. The summed E-state index contributed by atoms with van der Waals surface area (Å²) in [4.78, 5) is 2.45. The van der Waals surface area contributed by atoms with Crippen LogP contribution in [0.25, 0.3) is 88.4 Å². The Kier molecular flexibility index (Phi) is 7.02. The molecule has 5 nitrogen and oxygen atoms in total. The summed E-state index contributed by atoms with van der Waals surface area (Å²) in [5.74, 6) is 0. The van der Waals surface area contributed by atoms with Gasteiger partial charge >= 0.3 is 0 Å². The lowest BCUT2D eigenvalue weighted by molar-refractivity contribution is 0.918. The number of aromatic nitrogens is 4. The Labute approximate surface area is 375 Å². The molecule has 0 atom stereocenters. The van der Waals surface area contributed by atoms with E-state index in [-0.39, 0.29) is 6.71 Å². The largest absolute Gasteiger partial charge is 0.314 e. The second kappa shape index (κ2) is 12.9. The molecule has 0 amide bonds. The zero-order valence-electron chi connectivity index (χ0n) is 35.8. The summed E-state index contributed by atoms with van der Waals surface area (Å²) in [5.41, 5.74) is 23.9. The van der Waals surface area contributed by atoms with Crippen LogP contribution in [0.4, 0.5) is 11.4 Å². The molecule has 304 valence electrons. The highest BCUT2D eigenvalue weighted by atomic mass is 15.2. The van der Waals surface area contributed by atoms with E-state index < -0.39 is 0 Å². The van der Waals surface area contributed by atoms with Crippen LogP contribution in [0.3, 0.4) is 0 Å². The van der Waals surface area contributed by atoms with E-state index in [0.29, 0.717) is 0 Å². The Hall–Kier alpha value is -8.22. The first kappa shape index (κ1) is 35.3. The Morgan fingerprint density at radius 3 is 1.60 bits per heavy atom. The zero-order valence-corrected chi connectivity index (χ0v) is 35.8. The Morgan fingerprint density at radius 1 is 0.446 bits per heavy atom. The van der Waals surface area contributed by atoms with E-state index in [2.05, 4.69) is 230 Å². The number of benzene rings is 8. The number of allylic oxidation sites excluding steroid dienone is 4. The summed E-state index contributed by atoms with van der Waals surface area (Å²) in [6.45, 7) is 2.34. The van der Waals surface area contributed by atoms with E-state index in [0.717, 1.165) is 24.2 Å². The molecule has 65 heavy (non-hydrogen) atoms. The van der Waals surface area contributed by atoms with Crippen LogP contribution in [0.15, 0.2) is 206 Å². The third-order valence-electron chi connectivity index (χ3n) is 14.6. The van der Waals surface area contributed by atoms with Gasteiger partial charge in [0, 0.05) is 61.4 Å². The topological polar surface area (TPSA) is 23.0 Å². The molecule has 8 aromatic carbocycles. The molecule has 4 aromatic heterocycles. The normalized spacial score (nSPS) is 13.8. The summed E-state index contributed by atoms with van der Waals surface area (Å²) < 4.78 is 10.3. The molecule has 6 heteroatoms. The second-order valence-corrected chi connectivity index (χ2v) is 18.1. The van der Waals surface area contributed by atoms with Gasteiger partial charge in [-0.25, -0.2) is 0 Å². The smallest absolute Gasteiger partial charge is 0.252 e. The number of para-hydroxylation sites is 6. The van der Waals surface area contributed by atoms with Gasteiger partial charge in [-0.2, -0.15) is 0 Å². The first-order valence-electron chi connectivity index (χ1n) is 22.9. The molecule has 0 bridgehead atoms. The highest BCUT2D eigenvalue weighted by Gasteiger charge is 2.42. The third-order valence-corrected chi connectivity index (χ3v) is 14.6. The molecular formula is C59H40BN5. The van der Waals surface area contributed by atoms with E-state index in [1.807, 2.05) is 0 Å². The summed E-state index contributed by atoms with van der Waals surface area (Å²) in [6.07, 6.45) is 8.77. The first-order valence-corrected chi connectivity index (χ1v) is 22.9.